The number of carbonyl (C=O) groups is 1. The number of pyridine rings is 1. The highest BCUT2D eigenvalue weighted by molar-refractivity contribution is 5.84. The van der Waals surface area contributed by atoms with E-state index < -0.39 is 5.91 Å². The Morgan fingerprint density at radius 2 is 2.04 bits per heavy atom. The summed E-state index contributed by atoms with van der Waals surface area (Å²) in [6.07, 6.45) is 4.24. The molecule has 0 aliphatic heterocycles. The number of nitrogens with zero attached hydrogens (tertiary/aromatic N) is 2. The van der Waals surface area contributed by atoms with Gasteiger partial charge in [0, 0.05) is 0 Å². The molecule has 0 fully saturated rings. The van der Waals surface area contributed by atoms with Crippen molar-refractivity contribution in [2.24, 2.45) is 0 Å². The normalized spacial score (nSPS) is 11.1. The van der Waals surface area contributed by atoms with E-state index in [1.54, 1.807) is 5.48 Å². The second-order valence-corrected chi connectivity index (χ2v) is 5.84. The Balaban J connectivity index is 2.06. The number of amides is 1. The van der Waals surface area contributed by atoms with Gasteiger partial charge in [0.1, 0.15) is 11.5 Å². The molecule has 126 valence electrons. The molecule has 2 aromatic heterocycles. The van der Waals surface area contributed by atoms with Gasteiger partial charge in [0.15, 0.2) is 0 Å². The number of nitrogens with one attached hydrogen (secondary N) is 2. The second kappa shape index (κ2) is 7.31. The Hall–Kier alpha value is -2.60. The molecule has 6 nitrogen and oxygen atoms in total. The number of fused-ring (bicyclic) bond motifs is 3. The highest BCUT2D eigenvalue weighted by atomic mass is 16.5. The van der Waals surface area contributed by atoms with Gasteiger partial charge in [0.25, 0.3) is 5.91 Å². The van der Waals surface area contributed by atoms with Crippen LogP contribution < -0.4 is 10.8 Å². The Morgan fingerprint density at radius 3 is 2.83 bits per heavy atom. The van der Waals surface area contributed by atoms with Gasteiger partial charge in [-0.3, -0.25) is 14.4 Å². The molecular formula is C18H22N4O2. The fourth-order valence-electron chi connectivity index (χ4n) is 2.97. The van der Waals surface area contributed by atoms with Crippen molar-refractivity contribution in [3.8, 4) is 0 Å². The molecule has 0 radical (unpaired) electrons. The number of carbonyl (C=O) groups excluding carboxylic acids is 1. The Kier molecular flexibility index (Phi) is 4.96. The van der Waals surface area contributed by atoms with Gasteiger partial charge in [0.05, 0.1) is 17.8 Å². The fourth-order valence-corrected chi connectivity index (χ4v) is 2.97. The lowest BCUT2D eigenvalue weighted by molar-refractivity contribution is -0.127. The van der Waals surface area contributed by atoms with Crippen LogP contribution in [0.25, 0.3) is 16.6 Å². The van der Waals surface area contributed by atoms with Crippen molar-refractivity contribution in [3.05, 3.63) is 42.1 Å². The SMILES string of the molecule is CCCCCc1c(NCC(=O)NO)nc2ccc3ccccc3n12. The maximum Gasteiger partial charge on any atom is 0.262 e. The molecule has 0 aliphatic carbocycles. The molecule has 0 unspecified atom stereocenters. The minimum absolute atomic E-state index is 0.0148. The van der Waals surface area contributed by atoms with Crippen LogP contribution in [0, 0.1) is 0 Å². The first kappa shape index (κ1) is 16.3. The molecular weight excluding hydrogens is 304 g/mol. The van der Waals surface area contributed by atoms with E-state index in [0.717, 1.165) is 47.9 Å². The minimum Gasteiger partial charge on any atom is -0.359 e. The van der Waals surface area contributed by atoms with Crippen LogP contribution in [0.1, 0.15) is 31.9 Å². The summed E-state index contributed by atoms with van der Waals surface area (Å²) in [5.41, 5.74) is 4.66. The van der Waals surface area contributed by atoms with Crippen molar-refractivity contribution < 1.29 is 10.0 Å². The third-order valence-corrected chi connectivity index (χ3v) is 4.15. The Bertz CT molecular complexity index is 857. The first-order valence-electron chi connectivity index (χ1n) is 8.30. The van der Waals surface area contributed by atoms with Gasteiger partial charge in [-0.1, -0.05) is 38.0 Å². The number of hydrogen-bond donors (Lipinski definition) is 3. The summed E-state index contributed by atoms with van der Waals surface area (Å²) in [4.78, 5) is 16.0. The van der Waals surface area contributed by atoms with Gasteiger partial charge in [-0.2, -0.15) is 0 Å². The molecule has 0 spiro atoms. The van der Waals surface area contributed by atoms with Crippen molar-refractivity contribution in [1.82, 2.24) is 14.9 Å². The zero-order valence-electron chi connectivity index (χ0n) is 13.7. The number of unbranched alkanes of at least 4 members (excludes halogenated alkanes) is 2. The summed E-state index contributed by atoms with van der Waals surface area (Å²) < 4.78 is 2.16. The van der Waals surface area contributed by atoms with E-state index in [1.807, 2.05) is 18.2 Å². The standard InChI is InChI=1S/C18H22N4O2/c1-2-3-4-9-15-18(19-12-17(23)21-24)20-16-11-10-13-7-5-6-8-14(13)22(15)16/h5-8,10-11,19,24H,2-4,9,12H2,1H3,(H,21,23). The molecule has 0 aliphatic rings. The average molecular weight is 326 g/mol. The number of hydrogen-bond acceptors (Lipinski definition) is 4. The van der Waals surface area contributed by atoms with Gasteiger partial charge in [-0.25, -0.2) is 10.5 Å². The number of para-hydroxylation sites is 1. The third-order valence-electron chi connectivity index (χ3n) is 4.15. The van der Waals surface area contributed by atoms with Crippen molar-refractivity contribution in [2.75, 3.05) is 11.9 Å². The van der Waals surface area contributed by atoms with Crippen molar-refractivity contribution >= 4 is 28.3 Å². The summed E-state index contributed by atoms with van der Waals surface area (Å²) in [7, 11) is 0. The van der Waals surface area contributed by atoms with Crippen LogP contribution in [0.5, 0.6) is 0 Å². The van der Waals surface area contributed by atoms with E-state index in [-0.39, 0.29) is 6.54 Å². The summed E-state index contributed by atoms with van der Waals surface area (Å²) in [6.45, 7) is 2.16. The summed E-state index contributed by atoms with van der Waals surface area (Å²) in [5.74, 6) is 0.211. The van der Waals surface area contributed by atoms with E-state index in [1.165, 1.54) is 0 Å². The lowest BCUT2D eigenvalue weighted by Gasteiger charge is -2.09. The first-order valence-corrected chi connectivity index (χ1v) is 8.30. The van der Waals surface area contributed by atoms with E-state index in [9.17, 15) is 4.79 Å². The molecule has 24 heavy (non-hydrogen) atoms. The molecule has 0 atom stereocenters. The average Bonchev–Trinajstić information content (AvgIpc) is 2.98. The lowest BCUT2D eigenvalue weighted by Crippen LogP contribution is -2.27. The Labute approximate surface area is 140 Å². The van der Waals surface area contributed by atoms with Crippen LogP contribution in [-0.2, 0) is 11.2 Å². The van der Waals surface area contributed by atoms with Gasteiger partial charge in [0.2, 0.25) is 0 Å². The monoisotopic (exact) mass is 326 g/mol. The fraction of sp³-hybridized carbons (Fsp3) is 0.333. The topological polar surface area (TPSA) is 78.7 Å². The molecule has 6 heteroatoms. The van der Waals surface area contributed by atoms with Gasteiger partial charge >= 0.3 is 0 Å². The molecule has 1 aromatic carbocycles. The molecule has 0 bridgehead atoms. The van der Waals surface area contributed by atoms with Crippen molar-refractivity contribution in [2.45, 2.75) is 32.6 Å². The van der Waals surface area contributed by atoms with Crippen LogP contribution in [-0.4, -0.2) is 27.0 Å². The Morgan fingerprint density at radius 1 is 1.21 bits per heavy atom. The number of imidazole rings is 1. The summed E-state index contributed by atoms with van der Waals surface area (Å²) >= 11 is 0. The molecule has 3 rings (SSSR count). The molecule has 3 aromatic rings. The maximum atomic E-state index is 11.3. The van der Waals surface area contributed by atoms with Crippen molar-refractivity contribution in [3.63, 3.8) is 0 Å². The largest absolute Gasteiger partial charge is 0.359 e. The highest BCUT2D eigenvalue weighted by Gasteiger charge is 2.14. The number of anilines is 1. The predicted octanol–water partition coefficient (Wildman–Crippen LogP) is 3.14. The van der Waals surface area contributed by atoms with Gasteiger partial charge in [-0.05, 0) is 36.4 Å². The number of rotatable bonds is 7. The number of aryl methyl sites for hydroxylation is 1. The van der Waals surface area contributed by atoms with Crippen LogP contribution >= 0.6 is 0 Å². The zero-order valence-corrected chi connectivity index (χ0v) is 13.7. The van der Waals surface area contributed by atoms with Crippen LogP contribution in [0.3, 0.4) is 0 Å². The quantitative estimate of drug-likeness (QED) is 0.354. The lowest BCUT2D eigenvalue weighted by atomic mass is 10.1. The minimum atomic E-state index is -0.489. The van der Waals surface area contributed by atoms with E-state index in [2.05, 4.69) is 39.8 Å². The molecule has 2 heterocycles. The molecule has 0 saturated heterocycles. The predicted molar refractivity (Wildman–Crippen MR) is 94.3 cm³/mol. The van der Waals surface area contributed by atoms with E-state index in [0.29, 0.717) is 5.82 Å². The maximum absolute atomic E-state index is 11.3. The van der Waals surface area contributed by atoms with Gasteiger partial charge < -0.3 is 5.32 Å². The van der Waals surface area contributed by atoms with Gasteiger partial charge in [-0.15, -0.1) is 0 Å². The van der Waals surface area contributed by atoms with Crippen LogP contribution in [0.4, 0.5) is 5.82 Å². The third kappa shape index (κ3) is 3.19. The van der Waals surface area contributed by atoms with Crippen LogP contribution in [0.2, 0.25) is 0 Å². The van der Waals surface area contributed by atoms with E-state index in [4.69, 9.17) is 5.21 Å². The summed E-state index contributed by atoms with van der Waals surface area (Å²) in [5, 5.41) is 12.9. The zero-order chi connectivity index (χ0) is 16.9. The van der Waals surface area contributed by atoms with Crippen molar-refractivity contribution in [1.29, 1.82) is 0 Å². The van der Waals surface area contributed by atoms with E-state index >= 15 is 0 Å². The summed E-state index contributed by atoms with van der Waals surface area (Å²) in [6, 6.07) is 12.2. The number of hydroxylamine groups is 1. The first-order chi connectivity index (χ1) is 11.7. The number of aromatic nitrogens is 2. The molecule has 0 saturated carbocycles. The number of benzene rings is 1. The highest BCUT2D eigenvalue weighted by Crippen LogP contribution is 2.25. The van der Waals surface area contributed by atoms with Crippen LogP contribution in [0.15, 0.2) is 36.4 Å². The second-order valence-electron chi connectivity index (χ2n) is 5.84. The smallest absolute Gasteiger partial charge is 0.262 e. The molecule has 3 N–H and O–H groups in total. The molecule has 1 amide bonds.